The van der Waals surface area contributed by atoms with E-state index < -0.39 is 0 Å². The summed E-state index contributed by atoms with van der Waals surface area (Å²) in [5.41, 5.74) is 0. The number of hydrogen-bond acceptors (Lipinski definition) is 3. The molecule has 1 heterocycles. The summed E-state index contributed by atoms with van der Waals surface area (Å²) in [4.78, 5) is 2.54. The van der Waals surface area contributed by atoms with E-state index in [4.69, 9.17) is 0 Å². The van der Waals surface area contributed by atoms with E-state index in [9.17, 15) is 0 Å². The quantitative estimate of drug-likeness (QED) is 0.500. The first-order valence-corrected chi connectivity index (χ1v) is 5.92. The van der Waals surface area contributed by atoms with E-state index in [-0.39, 0.29) is 0 Å². The van der Waals surface area contributed by atoms with Crippen LogP contribution in [0.25, 0.3) is 0 Å². The molecule has 1 aliphatic heterocycles. The van der Waals surface area contributed by atoms with Crippen LogP contribution in [-0.2, 0) is 0 Å². The van der Waals surface area contributed by atoms with E-state index in [0.29, 0.717) is 5.25 Å². The number of thiol groups is 1. The van der Waals surface area contributed by atoms with Crippen LogP contribution in [0, 0.1) is 0 Å². The second-order valence-electron chi connectivity index (χ2n) is 3.94. The van der Waals surface area contributed by atoms with Crippen molar-refractivity contribution < 1.29 is 0 Å². The first-order valence-electron chi connectivity index (χ1n) is 5.40. The maximum atomic E-state index is 4.34. The molecule has 1 atom stereocenters. The number of rotatable bonds is 6. The zero-order chi connectivity index (χ0) is 9.52. The van der Waals surface area contributed by atoms with Gasteiger partial charge >= 0.3 is 0 Å². The molecule has 13 heavy (non-hydrogen) atoms. The highest BCUT2D eigenvalue weighted by Gasteiger charge is 2.09. The van der Waals surface area contributed by atoms with Crippen LogP contribution in [0.1, 0.15) is 26.2 Å². The second kappa shape index (κ2) is 6.68. The van der Waals surface area contributed by atoms with Gasteiger partial charge in [0.25, 0.3) is 0 Å². The summed E-state index contributed by atoms with van der Waals surface area (Å²) in [5, 5.41) is 3.98. The molecular weight excluding hydrogens is 180 g/mol. The lowest BCUT2D eigenvalue weighted by Crippen LogP contribution is -2.30. The highest BCUT2D eigenvalue weighted by Crippen LogP contribution is 2.05. The first kappa shape index (κ1) is 11.3. The molecule has 1 rings (SSSR count). The Balaban J connectivity index is 1.83. The van der Waals surface area contributed by atoms with Crippen molar-refractivity contribution in [2.75, 3.05) is 32.7 Å². The van der Waals surface area contributed by atoms with Crippen LogP contribution in [0.2, 0.25) is 0 Å². The fourth-order valence-electron chi connectivity index (χ4n) is 1.68. The summed E-state index contributed by atoms with van der Waals surface area (Å²) in [6, 6.07) is 0. The number of hydrogen-bond donors (Lipinski definition) is 2. The van der Waals surface area contributed by atoms with Gasteiger partial charge in [-0.1, -0.05) is 6.92 Å². The van der Waals surface area contributed by atoms with Crippen LogP contribution in [0.3, 0.4) is 0 Å². The van der Waals surface area contributed by atoms with E-state index in [2.05, 4.69) is 29.8 Å². The molecule has 0 aromatic carbocycles. The molecule has 1 saturated heterocycles. The lowest BCUT2D eigenvalue weighted by molar-refractivity contribution is 0.336. The van der Waals surface area contributed by atoms with E-state index >= 15 is 0 Å². The summed E-state index contributed by atoms with van der Waals surface area (Å²) in [6.07, 6.45) is 3.96. The summed E-state index contributed by atoms with van der Waals surface area (Å²) in [7, 11) is 0. The predicted molar refractivity (Wildman–Crippen MR) is 61.6 cm³/mol. The van der Waals surface area contributed by atoms with Crippen molar-refractivity contribution in [3.8, 4) is 0 Å². The molecule has 0 aromatic heterocycles. The fraction of sp³-hybridized carbons (Fsp3) is 1.00. The van der Waals surface area contributed by atoms with Crippen molar-refractivity contribution in [2.24, 2.45) is 0 Å². The average molecular weight is 202 g/mol. The topological polar surface area (TPSA) is 15.3 Å². The predicted octanol–water partition coefficient (Wildman–Crippen LogP) is 1.38. The Kier molecular flexibility index (Phi) is 5.83. The van der Waals surface area contributed by atoms with Crippen molar-refractivity contribution in [3.05, 3.63) is 0 Å². The summed E-state index contributed by atoms with van der Waals surface area (Å²) >= 11 is 4.34. The zero-order valence-corrected chi connectivity index (χ0v) is 9.52. The van der Waals surface area contributed by atoms with Gasteiger partial charge < -0.3 is 10.2 Å². The monoisotopic (exact) mass is 202 g/mol. The summed E-state index contributed by atoms with van der Waals surface area (Å²) in [5.74, 6) is 0. The van der Waals surface area contributed by atoms with Crippen LogP contribution in [-0.4, -0.2) is 42.9 Å². The molecule has 1 unspecified atom stereocenters. The van der Waals surface area contributed by atoms with Crippen LogP contribution < -0.4 is 5.32 Å². The minimum atomic E-state index is 0.527. The second-order valence-corrected chi connectivity index (χ2v) is 4.82. The van der Waals surface area contributed by atoms with Gasteiger partial charge in [-0.3, -0.25) is 0 Å². The Morgan fingerprint density at radius 2 is 2.00 bits per heavy atom. The minimum absolute atomic E-state index is 0.527. The normalized spacial score (nSPS) is 20.8. The lowest BCUT2D eigenvalue weighted by Gasteiger charge is -2.14. The highest BCUT2D eigenvalue weighted by atomic mass is 32.1. The van der Waals surface area contributed by atoms with Crippen molar-refractivity contribution in [1.82, 2.24) is 10.2 Å². The van der Waals surface area contributed by atoms with Gasteiger partial charge in [-0.05, 0) is 38.9 Å². The SMILES string of the molecule is CC(S)CCNCCN1CCCC1. The smallest absolute Gasteiger partial charge is 0.0107 e. The van der Waals surface area contributed by atoms with Crippen molar-refractivity contribution in [2.45, 2.75) is 31.4 Å². The molecule has 0 aliphatic carbocycles. The van der Waals surface area contributed by atoms with Crippen molar-refractivity contribution in [1.29, 1.82) is 0 Å². The molecule has 1 aliphatic rings. The average Bonchev–Trinajstić information content (AvgIpc) is 2.55. The van der Waals surface area contributed by atoms with Crippen molar-refractivity contribution in [3.63, 3.8) is 0 Å². The molecule has 1 fully saturated rings. The maximum absolute atomic E-state index is 4.34. The van der Waals surface area contributed by atoms with Crippen LogP contribution in [0.15, 0.2) is 0 Å². The van der Waals surface area contributed by atoms with Crippen molar-refractivity contribution >= 4 is 12.6 Å². The van der Waals surface area contributed by atoms with Crippen LogP contribution in [0.5, 0.6) is 0 Å². The molecule has 1 N–H and O–H groups in total. The molecule has 0 bridgehead atoms. The third-order valence-electron chi connectivity index (χ3n) is 2.54. The van der Waals surface area contributed by atoms with Gasteiger partial charge in [0, 0.05) is 18.3 Å². The molecule has 0 spiro atoms. The standard InChI is InChI=1S/C10H22N2S/c1-10(13)4-5-11-6-9-12-7-2-3-8-12/h10-11,13H,2-9H2,1H3. The number of nitrogens with one attached hydrogen (secondary N) is 1. The first-order chi connectivity index (χ1) is 6.29. The van der Waals surface area contributed by atoms with E-state index in [1.54, 1.807) is 0 Å². The molecule has 3 heteroatoms. The maximum Gasteiger partial charge on any atom is 0.0107 e. The molecule has 78 valence electrons. The van der Waals surface area contributed by atoms with Crippen LogP contribution in [0.4, 0.5) is 0 Å². The third-order valence-corrected chi connectivity index (χ3v) is 2.80. The van der Waals surface area contributed by atoms with Gasteiger partial charge in [-0.15, -0.1) is 0 Å². The number of nitrogens with zero attached hydrogens (tertiary/aromatic N) is 1. The molecular formula is C10H22N2S. The Morgan fingerprint density at radius 1 is 1.31 bits per heavy atom. The molecule has 0 radical (unpaired) electrons. The van der Waals surface area contributed by atoms with E-state index in [1.165, 1.54) is 38.9 Å². The Morgan fingerprint density at radius 3 is 2.62 bits per heavy atom. The highest BCUT2D eigenvalue weighted by molar-refractivity contribution is 7.80. The Bertz CT molecular complexity index is 122. The summed E-state index contributed by atoms with van der Waals surface area (Å²) < 4.78 is 0. The molecule has 0 saturated carbocycles. The minimum Gasteiger partial charge on any atom is -0.315 e. The Hall–Kier alpha value is 0.270. The van der Waals surface area contributed by atoms with Gasteiger partial charge in [-0.25, -0.2) is 0 Å². The largest absolute Gasteiger partial charge is 0.315 e. The zero-order valence-electron chi connectivity index (χ0n) is 8.63. The van der Waals surface area contributed by atoms with E-state index in [0.717, 1.165) is 13.1 Å². The number of likely N-dealkylation sites (tertiary alicyclic amines) is 1. The van der Waals surface area contributed by atoms with Gasteiger partial charge in [0.05, 0.1) is 0 Å². The molecule has 2 nitrogen and oxygen atoms in total. The molecule has 0 amide bonds. The van der Waals surface area contributed by atoms with E-state index in [1.807, 2.05) is 0 Å². The van der Waals surface area contributed by atoms with Crippen LogP contribution >= 0.6 is 12.6 Å². The third kappa shape index (κ3) is 5.55. The van der Waals surface area contributed by atoms with Gasteiger partial charge in [0.2, 0.25) is 0 Å². The molecule has 0 aromatic rings. The van der Waals surface area contributed by atoms with Gasteiger partial charge in [-0.2, -0.15) is 12.6 Å². The lowest BCUT2D eigenvalue weighted by atomic mass is 10.3. The van der Waals surface area contributed by atoms with Gasteiger partial charge in [0.1, 0.15) is 0 Å². The fourth-order valence-corrected chi connectivity index (χ4v) is 1.81. The Labute approximate surface area is 87.5 Å². The van der Waals surface area contributed by atoms with Gasteiger partial charge in [0.15, 0.2) is 0 Å². The summed E-state index contributed by atoms with van der Waals surface area (Å²) in [6.45, 7) is 8.24.